The monoisotopic (exact) mass is 253 g/mol. The fraction of sp³-hybridized carbons (Fsp3) is 0.538. The molecule has 2 rings (SSSR count). The molecule has 0 saturated heterocycles. The first-order valence-electron chi connectivity index (χ1n) is 5.92. The second kappa shape index (κ2) is 6.04. The zero-order chi connectivity index (χ0) is 13.0. The first-order chi connectivity index (χ1) is 8.78. The third-order valence-corrected chi connectivity index (χ3v) is 3.09. The molecule has 18 heavy (non-hydrogen) atoms. The minimum atomic E-state index is -0.291. The van der Waals surface area contributed by atoms with Crippen molar-refractivity contribution in [3.63, 3.8) is 0 Å². The van der Waals surface area contributed by atoms with Crippen molar-refractivity contribution in [2.24, 2.45) is 11.7 Å². The van der Waals surface area contributed by atoms with Crippen LogP contribution in [0.15, 0.2) is 18.2 Å². The van der Waals surface area contributed by atoms with E-state index in [0.29, 0.717) is 6.54 Å². The van der Waals surface area contributed by atoms with Gasteiger partial charge in [-0.15, -0.1) is 0 Å². The van der Waals surface area contributed by atoms with Crippen LogP contribution in [0.25, 0.3) is 0 Å². The molecule has 5 heteroatoms. The molecule has 1 atom stereocenters. The van der Waals surface area contributed by atoms with Gasteiger partial charge in [0.15, 0.2) is 17.8 Å². The molecule has 1 aromatic rings. The van der Waals surface area contributed by atoms with Crippen molar-refractivity contribution in [1.29, 1.82) is 0 Å². The van der Waals surface area contributed by atoms with Crippen LogP contribution in [0.2, 0.25) is 0 Å². The molecule has 0 bridgehead atoms. The van der Waals surface area contributed by atoms with Crippen LogP contribution in [-0.4, -0.2) is 33.8 Å². The van der Waals surface area contributed by atoms with E-state index in [-0.39, 0.29) is 19.0 Å². The maximum atomic E-state index is 5.77. The third-order valence-electron chi connectivity index (χ3n) is 3.09. The largest absolute Gasteiger partial charge is 0.454 e. The summed E-state index contributed by atoms with van der Waals surface area (Å²) in [6, 6.07) is 5.91. The van der Waals surface area contributed by atoms with Gasteiger partial charge in [-0.1, -0.05) is 6.07 Å². The van der Waals surface area contributed by atoms with Gasteiger partial charge in [0, 0.05) is 26.7 Å². The van der Waals surface area contributed by atoms with E-state index in [1.165, 1.54) is 0 Å². The lowest BCUT2D eigenvalue weighted by Gasteiger charge is -2.23. The summed E-state index contributed by atoms with van der Waals surface area (Å²) in [5.74, 6) is 1.69. The lowest BCUT2D eigenvalue weighted by molar-refractivity contribution is -0.134. The molecule has 0 amide bonds. The molecule has 0 aliphatic carbocycles. The number of methoxy groups -OCH3 is 2. The molecule has 0 radical (unpaired) electrons. The minimum absolute atomic E-state index is 0.111. The topological polar surface area (TPSA) is 62.9 Å². The Morgan fingerprint density at radius 2 is 1.94 bits per heavy atom. The van der Waals surface area contributed by atoms with Crippen LogP contribution in [-0.2, 0) is 15.9 Å². The number of nitrogens with two attached hydrogens (primary N) is 1. The Labute approximate surface area is 107 Å². The minimum Gasteiger partial charge on any atom is -0.454 e. The maximum Gasteiger partial charge on any atom is 0.231 e. The number of rotatable bonds is 6. The molecule has 2 N–H and O–H groups in total. The number of hydrogen-bond acceptors (Lipinski definition) is 5. The summed E-state index contributed by atoms with van der Waals surface area (Å²) in [7, 11) is 3.24. The van der Waals surface area contributed by atoms with E-state index in [1.807, 2.05) is 18.2 Å². The molecule has 1 aliphatic heterocycles. The highest BCUT2D eigenvalue weighted by Gasteiger charge is 2.21. The van der Waals surface area contributed by atoms with E-state index < -0.39 is 0 Å². The van der Waals surface area contributed by atoms with Crippen molar-refractivity contribution in [3.05, 3.63) is 23.8 Å². The van der Waals surface area contributed by atoms with Gasteiger partial charge in [0.25, 0.3) is 0 Å². The highest BCUT2D eigenvalue weighted by molar-refractivity contribution is 5.44. The molecular formula is C13H19NO4. The molecule has 0 saturated carbocycles. The van der Waals surface area contributed by atoms with Crippen LogP contribution < -0.4 is 15.2 Å². The number of hydrogen-bond donors (Lipinski definition) is 1. The highest BCUT2D eigenvalue weighted by Crippen LogP contribution is 2.33. The molecule has 1 aromatic carbocycles. The molecule has 1 aliphatic rings. The third kappa shape index (κ3) is 2.75. The van der Waals surface area contributed by atoms with Crippen molar-refractivity contribution in [1.82, 2.24) is 0 Å². The number of fused-ring (bicyclic) bond motifs is 1. The van der Waals surface area contributed by atoms with Gasteiger partial charge in [-0.2, -0.15) is 0 Å². The molecular weight excluding hydrogens is 234 g/mol. The second-order valence-electron chi connectivity index (χ2n) is 4.23. The summed E-state index contributed by atoms with van der Waals surface area (Å²) in [5.41, 5.74) is 6.90. The SMILES string of the molecule is COC(OC)C(CN)Cc1ccc2c(c1)OCO2. The van der Waals surface area contributed by atoms with E-state index >= 15 is 0 Å². The number of benzene rings is 1. The van der Waals surface area contributed by atoms with E-state index in [1.54, 1.807) is 14.2 Å². The average Bonchev–Trinajstić information content (AvgIpc) is 2.86. The standard InChI is InChI=1S/C13H19NO4/c1-15-13(16-2)10(7-14)5-9-3-4-11-12(6-9)18-8-17-11/h3-4,6,10,13H,5,7-8,14H2,1-2H3. The Bertz CT molecular complexity index is 393. The van der Waals surface area contributed by atoms with Gasteiger partial charge >= 0.3 is 0 Å². The normalized spacial score (nSPS) is 15.1. The Morgan fingerprint density at radius 1 is 1.22 bits per heavy atom. The molecule has 100 valence electrons. The number of ether oxygens (including phenoxy) is 4. The summed E-state index contributed by atoms with van der Waals surface area (Å²) >= 11 is 0. The van der Waals surface area contributed by atoms with Crippen molar-refractivity contribution in [2.45, 2.75) is 12.7 Å². The van der Waals surface area contributed by atoms with Crippen LogP contribution in [0.5, 0.6) is 11.5 Å². The molecule has 5 nitrogen and oxygen atoms in total. The van der Waals surface area contributed by atoms with E-state index in [9.17, 15) is 0 Å². The van der Waals surface area contributed by atoms with Crippen LogP contribution in [0.1, 0.15) is 5.56 Å². The Hall–Kier alpha value is -1.30. The van der Waals surface area contributed by atoms with Crippen molar-refractivity contribution in [2.75, 3.05) is 27.6 Å². The Balaban J connectivity index is 2.07. The lowest BCUT2D eigenvalue weighted by Crippen LogP contribution is -2.32. The average molecular weight is 253 g/mol. The van der Waals surface area contributed by atoms with Crippen molar-refractivity contribution < 1.29 is 18.9 Å². The summed E-state index contributed by atoms with van der Waals surface area (Å²) < 4.78 is 21.1. The fourth-order valence-corrected chi connectivity index (χ4v) is 2.14. The van der Waals surface area contributed by atoms with Crippen LogP contribution in [0.4, 0.5) is 0 Å². The van der Waals surface area contributed by atoms with E-state index in [4.69, 9.17) is 24.7 Å². The van der Waals surface area contributed by atoms with Gasteiger partial charge in [0.1, 0.15) is 0 Å². The first kappa shape index (κ1) is 13.1. The van der Waals surface area contributed by atoms with Crippen molar-refractivity contribution >= 4 is 0 Å². The smallest absolute Gasteiger partial charge is 0.231 e. The predicted molar refractivity (Wildman–Crippen MR) is 66.6 cm³/mol. The molecule has 0 spiro atoms. The molecule has 1 unspecified atom stereocenters. The molecule has 0 fully saturated rings. The van der Waals surface area contributed by atoms with E-state index in [0.717, 1.165) is 23.5 Å². The highest BCUT2D eigenvalue weighted by atomic mass is 16.7. The summed E-state index contributed by atoms with van der Waals surface area (Å²) in [6.45, 7) is 0.790. The van der Waals surface area contributed by atoms with Gasteiger partial charge in [-0.05, 0) is 24.1 Å². The molecule has 0 aromatic heterocycles. The Morgan fingerprint density at radius 3 is 2.61 bits per heavy atom. The van der Waals surface area contributed by atoms with Gasteiger partial charge in [-0.3, -0.25) is 0 Å². The van der Waals surface area contributed by atoms with Gasteiger partial charge in [0.05, 0.1) is 0 Å². The first-order valence-corrected chi connectivity index (χ1v) is 5.92. The summed E-state index contributed by atoms with van der Waals surface area (Å²) in [6.07, 6.45) is 0.486. The van der Waals surface area contributed by atoms with Gasteiger partial charge in [-0.25, -0.2) is 0 Å². The zero-order valence-electron chi connectivity index (χ0n) is 10.7. The van der Waals surface area contributed by atoms with Crippen LogP contribution in [0.3, 0.4) is 0 Å². The van der Waals surface area contributed by atoms with Crippen molar-refractivity contribution in [3.8, 4) is 11.5 Å². The summed E-state index contributed by atoms with van der Waals surface area (Å²) in [5, 5.41) is 0. The van der Waals surface area contributed by atoms with Crippen LogP contribution >= 0.6 is 0 Å². The fourth-order valence-electron chi connectivity index (χ4n) is 2.14. The zero-order valence-corrected chi connectivity index (χ0v) is 10.7. The second-order valence-corrected chi connectivity index (χ2v) is 4.23. The van der Waals surface area contributed by atoms with Crippen LogP contribution in [0, 0.1) is 5.92 Å². The molecule has 1 heterocycles. The van der Waals surface area contributed by atoms with E-state index in [2.05, 4.69) is 0 Å². The quantitative estimate of drug-likeness (QED) is 0.771. The van der Waals surface area contributed by atoms with Gasteiger partial charge in [0.2, 0.25) is 6.79 Å². The predicted octanol–water partition coefficient (Wildman–Crippen LogP) is 1.15. The van der Waals surface area contributed by atoms with Gasteiger partial charge < -0.3 is 24.7 Å². The Kier molecular flexibility index (Phi) is 4.41. The summed E-state index contributed by atoms with van der Waals surface area (Å²) in [4.78, 5) is 0. The lowest BCUT2D eigenvalue weighted by atomic mass is 9.98. The maximum absolute atomic E-state index is 5.77.